The van der Waals surface area contributed by atoms with Crippen molar-refractivity contribution in [1.82, 2.24) is 15.0 Å². The molecule has 3 aromatic carbocycles. The van der Waals surface area contributed by atoms with E-state index < -0.39 is 16.6 Å². The van der Waals surface area contributed by atoms with Crippen molar-refractivity contribution in [3.05, 3.63) is 98.8 Å². The minimum absolute atomic E-state index is 0.0118. The second kappa shape index (κ2) is 8.17. The Bertz CT molecular complexity index is 1620. The van der Waals surface area contributed by atoms with E-state index in [0.717, 1.165) is 4.90 Å². The fourth-order valence-corrected chi connectivity index (χ4v) is 3.94. The van der Waals surface area contributed by atoms with E-state index >= 15 is 0 Å². The number of nitrogens with zero attached hydrogens (tertiary/aromatic N) is 3. The van der Waals surface area contributed by atoms with Gasteiger partial charge >= 0.3 is 11.8 Å². The molecule has 1 amide bonds. The summed E-state index contributed by atoms with van der Waals surface area (Å²) in [6.45, 7) is -0.0121. The number of para-hydroxylation sites is 3. The lowest BCUT2D eigenvalue weighted by Crippen LogP contribution is -2.28. The molecule has 0 atom stereocenters. The van der Waals surface area contributed by atoms with E-state index in [0.29, 0.717) is 27.8 Å². The Morgan fingerprint density at radius 2 is 1.74 bits per heavy atom. The summed E-state index contributed by atoms with van der Waals surface area (Å²) in [7, 11) is 0. The molecule has 0 fully saturated rings. The minimum atomic E-state index is -1.15. The molecule has 10 nitrogen and oxygen atoms in total. The molecule has 0 aliphatic heterocycles. The van der Waals surface area contributed by atoms with Crippen LogP contribution in [0.2, 0.25) is 0 Å². The number of H-pyrrole nitrogens is 2. The molecule has 3 N–H and O–H groups in total. The highest BCUT2D eigenvalue weighted by Gasteiger charge is 2.27. The quantitative estimate of drug-likeness (QED) is 0.259. The second-order valence-electron chi connectivity index (χ2n) is 7.62. The lowest BCUT2D eigenvalue weighted by Gasteiger charge is -2.19. The molecule has 0 aliphatic rings. The number of aromatic amines is 2. The minimum Gasteiger partial charge on any atom is -0.465 e. The largest absolute Gasteiger partial charge is 0.465 e. The zero-order valence-electron chi connectivity index (χ0n) is 17.6. The number of aromatic nitrogens is 3. The number of carbonyl (C=O) groups is 1. The van der Waals surface area contributed by atoms with Gasteiger partial charge in [-0.3, -0.25) is 19.8 Å². The molecule has 0 radical (unpaired) electrons. The maximum absolute atomic E-state index is 12.7. The first-order chi connectivity index (χ1) is 16.4. The van der Waals surface area contributed by atoms with Crippen LogP contribution in [0.4, 0.5) is 16.2 Å². The highest BCUT2D eigenvalue weighted by Crippen LogP contribution is 2.36. The molecule has 5 aromatic rings. The van der Waals surface area contributed by atoms with Crippen molar-refractivity contribution in [1.29, 1.82) is 0 Å². The molecule has 0 spiro atoms. The summed E-state index contributed by atoms with van der Waals surface area (Å²) in [6.07, 6.45) is -1.15. The average Bonchev–Trinajstić information content (AvgIpc) is 3.21. The van der Waals surface area contributed by atoms with Gasteiger partial charge in [-0.15, -0.1) is 0 Å². The lowest BCUT2D eigenvalue weighted by atomic mass is 10.1. The Morgan fingerprint density at radius 1 is 1.00 bits per heavy atom. The number of fused-ring (bicyclic) bond motifs is 2. The van der Waals surface area contributed by atoms with Crippen LogP contribution in [0.3, 0.4) is 0 Å². The fraction of sp³-hybridized carbons (Fsp3) is 0.0417. The van der Waals surface area contributed by atoms with Crippen LogP contribution in [0.25, 0.3) is 33.3 Å². The predicted octanol–water partition coefficient (Wildman–Crippen LogP) is 4.66. The zero-order valence-corrected chi connectivity index (χ0v) is 17.6. The number of benzene rings is 3. The average molecular weight is 455 g/mol. The Kier molecular flexibility index (Phi) is 5.02. The Labute approximate surface area is 191 Å². The van der Waals surface area contributed by atoms with Crippen LogP contribution in [0, 0.1) is 10.1 Å². The van der Waals surface area contributed by atoms with E-state index in [-0.39, 0.29) is 29.0 Å². The first kappa shape index (κ1) is 20.9. The molecule has 10 heteroatoms. The Morgan fingerprint density at radius 3 is 2.47 bits per heavy atom. The van der Waals surface area contributed by atoms with Gasteiger partial charge in [0.2, 0.25) is 0 Å². The fourth-order valence-electron chi connectivity index (χ4n) is 3.94. The number of amides is 1. The van der Waals surface area contributed by atoms with E-state index in [4.69, 9.17) is 0 Å². The highest BCUT2D eigenvalue weighted by atomic mass is 16.6. The number of hydrogen-bond acceptors (Lipinski definition) is 5. The van der Waals surface area contributed by atoms with Crippen LogP contribution < -0.4 is 10.5 Å². The van der Waals surface area contributed by atoms with E-state index in [9.17, 15) is 24.8 Å². The summed E-state index contributed by atoms with van der Waals surface area (Å²) in [6, 6.07) is 20.3. The normalized spacial score (nSPS) is 11.1. The van der Waals surface area contributed by atoms with Gasteiger partial charge in [-0.1, -0.05) is 36.4 Å². The maximum Gasteiger partial charge on any atom is 0.412 e. The molecule has 0 aliphatic carbocycles. The summed E-state index contributed by atoms with van der Waals surface area (Å²) in [5, 5.41) is 22.0. The van der Waals surface area contributed by atoms with Crippen molar-refractivity contribution < 1.29 is 14.8 Å². The molecule has 0 unspecified atom stereocenters. The van der Waals surface area contributed by atoms with Gasteiger partial charge in [-0.25, -0.2) is 9.78 Å². The van der Waals surface area contributed by atoms with Gasteiger partial charge in [0, 0.05) is 5.69 Å². The van der Waals surface area contributed by atoms with Gasteiger partial charge in [0.25, 0.3) is 5.56 Å². The molecule has 34 heavy (non-hydrogen) atoms. The Hall–Kier alpha value is -4.99. The van der Waals surface area contributed by atoms with Crippen molar-refractivity contribution >= 4 is 39.4 Å². The molecule has 5 rings (SSSR count). The monoisotopic (exact) mass is 455 g/mol. The van der Waals surface area contributed by atoms with Crippen molar-refractivity contribution in [2.75, 3.05) is 4.90 Å². The van der Waals surface area contributed by atoms with E-state index in [1.54, 1.807) is 72.8 Å². The van der Waals surface area contributed by atoms with Crippen LogP contribution in [0.5, 0.6) is 0 Å². The molecule has 2 aromatic heterocycles. The summed E-state index contributed by atoms with van der Waals surface area (Å²) < 4.78 is 0. The summed E-state index contributed by atoms with van der Waals surface area (Å²) in [5.41, 5.74) is 1.50. The SMILES string of the molecule is O=C(O)N(Cc1ccc2[nH]c(-c3nc4ccccc4[nH]c3=O)c([N+](=O)[O-])c2c1)c1ccccc1. The third kappa shape index (κ3) is 3.62. The number of anilines is 1. The number of nitrogens with one attached hydrogen (secondary N) is 2. The van der Waals surface area contributed by atoms with Gasteiger partial charge in [0.15, 0.2) is 5.69 Å². The molecule has 0 saturated carbocycles. The van der Waals surface area contributed by atoms with Crippen LogP contribution in [-0.4, -0.2) is 31.1 Å². The van der Waals surface area contributed by atoms with Crippen LogP contribution >= 0.6 is 0 Å². The number of rotatable bonds is 5. The number of hydrogen-bond donors (Lipinski definition) is 3. The van der Waals surface area contributed by atoms with Crippen molar-refractivity contribution in [3.63, 3.8) is 0 Å². The predicted molar refractivity (Wildman–Crippen MR) is 127 cm³/mol. The third-order valence-electron chi connectivity index (χ3n) is 5.49. The van der Waals surface area contributed by atoms with Gasteiger partial charge in [-0.05, 0) is 42.0 Å². The van der Waals surface area contributed by atoms with Crippen LogP contribution in [-0.2, 0) is 6.54 Å². The van der Waals surface area contributed by atoms with Gasteiger partial charge in [0.05, 0.1) is 33.4 Å². The summed E-state index contributed by atoms with van der Waals surface area (Å²) in [4.78, 5) is 47.2. The van der Waals surface area contributed by atoms with Crippen LogP contribution in [0.15, 0.2) is 77.6 Å². The topological polar surface area (TPSA) is 145 Å². The first-order valence-electron chi connectivity index (χ1n) is 10.3. The van der Waals surface area contributed by atoms with Gasteiger partial charge < -0.3 is 15.1 Å². The first-order valence-corrected chi connectivity index (χ1v) is 10.3. The van der Waals surface area contributed by atoms with E-state index in [1.807, 2.05) is 0 Å². The smallest absolute Gasteiger partial charge is 0.412 e. The molecular weight excluding hydrogens is 438 g/mol. The molecular formula is C24H17N5O5. The zero-order chi connectivity index (χ0) is 23.8. The summed E-state index contributed by atoms with van der Waals surface area (Å²) in [5.74, 6) is 0. The molecule has 2 heterocycles. The van der Waals surface area contributed by atoms with Crippen molar-refractivity contribution in [2.45, 2.75) is 6.54 Å². The van der Waals surface area contributed by atoms with E-state index in [1.165, 1.54) is 0 Å². The number of carboxylic acid groups (broad SMARTS) is 1. The molecule has 168 valence electrons. The van der Waals surface area contributed by atoms with Gasteiger partial charge in [-0.2, -0.15) is 0 Å². The lowest BCUT2D eigenvalue weighted by molar-refractivity contribution is -0.382. The molecule has 0 bridgehead atoms. The molecule has 0 saturated heterocycles. The van der Waals surface area contributed by atoms with Gasteiger partial charge in [0.1, 0.15) is 5.69 Å². The second-order valence-corrected chi connectivity index (χ2v) is 7.62. The Balaban J connectivity index is 1.64. The van der Waals surface area contributed by atoms with Crippen molar-refractivity contribution in [2.24, 2.45) is 0 Å². The summed E-state index contributed by atoms with van der Waals surface area (Å²) >= 11 is 0. The maximum atomic E-state index is 12.7. The number of nitro groups is 1. The van der Waals surface area contributed by atoms with E-state index in [2.05, 4.69) is 15.0 Å². The third-order valence-corrected chi connectivity index (χ3v) is 5.49. The van der Waals surface area contributed by atoms with Crippen LogP contribution in [0.1, 0.15) is 5.56 Å². The standard InChI is InChI=1S/C24H17N5O5/c30-23-21(26-18-8-4-5-9-19(18)27-23)20-22(29(33)34)16-12-14(10-11-17(16)25-20)13-28(24(31)32)15-6-2-1-3-7-15/h1-12,25H,13H2,(H,27,30)(H,31,32). The van der Waals surface area contributed by atoms with Crippen molar-refractivity contribution in [3.8, 4) is 11.4 Å². The highest BCUT2D eigenvalue weighted by molar-refractivity contribution is 5.98.